The average molecular weight is 337 g/mol. The smallest absolute Gasteiger partial charge is 0.191 e. The molecule has 0 fully saturated rings. The van der Waals surface area contributed by atoms with Crippen LogP contribution in [0.25, 0.3) is 0 Å². The van der Waals surface area contributed by atoms with Gasteiger partial charge in [-0.1, -0.05) is 0 Å². The minimum absolute atomic E-state index is 0.0706. The summed E-state index contributed by atoms with van der Waals surface area (Å²) in [5.74, 6) is 0.905. The van der Waals surface area contributed by atoms with E-state index in [1.807, 2.05) is 20.8 Å². The lowest BCUT2D eigenvalue weighted by atomic mass is 9.97. The van der Waals surface area contributed by atoms with Crippen molar-refractivity contribution in [1.29, 1.82) is 0 Å². The molecule has 0 radical (unpaired) electrons. The number of Topliss-reactive ketones (excluding diaryl/α,β-unsaturated/α-hetero) is 1. The molecule has 1 aliphatic rings. The first-order chi connectivity index (χ1) is 11.2. The molecule has 2 unspecified atom stereocenters. The van der Waals surface area contributed by atoms with E-state index < -0.39 is 12.2 Å². The van der Waals surface area contributed by atoms with Crippen molar-refractivity contribution in [3.63, 3.8) is 0 Å². The van der Waals surface area contributed by atoms with Gasteiger partial charge in [-0.15, -0.1) is 0 Å². The summed E-state index contributed by atoms with van der Waals surface area (Å²) in [6, 6.07) is 3.44. The van der Waals surface area contributed by atoms with Crippen LogP contribution in [0.1, 0.15) is 43.6 Å². The number of methoxy groups -OCH3 is 1. The van der Waals surface area contributed by atoms with Gasteiger partial charge in [-0.25, -0.2) is 0 Å². The van der Waals surface area contributed by atoms with E-state index in [-0.39, 0.29) is 17.9 Å². The highest BCUT2D eigenvalue weighted by Gasteiger charge is 2.27. The Morgan fingerprint density at radius 1 is 1.38 bits per heavy atom. The SMILES string of the molecule is COc1cc2c(cc1OCC(O)CNC(C)(C)C)C(=O)C(C)OC2. The van der Waals surface area contributed by atoms with Gasteiger partial charge in [-0.2, -0.15) is 0 Å². The van der Waals surface area contributed by atoms with E-state index in [1.54, 1.807) is 26.2 Å². The molecule has 0 aliphatic carbocycles. The van der Waals surface area contributed by atoms with Crippen LogP contribution in [-0.2, 0) is 11.3 Å². The maximum atomic E-state index is 12.2. The van der Waals surface area contributed by atoms with E-state index in [0.717, 1.165) is 5.56 Å². The Morgan fingerprint density at radius 2 is 2.08 bits per heavy atom. The summed E-state index contributed by atoms with van der Waals surface area (Å²) < 4.78 is 16.5. The maximum Gasteiger partial charge on any atom is 0.191 e. The molecule has 0 spiro atoms. The third-order valence-corrected chi connectivity index (χ3v) is 3.81. The average Bonchev–Trinajstić information content (AvgIpc) is 2.53. The summed E-state index contributed by atoms with van der Waals surface area (Å²) in [7, 11) is 1.54. The molecular weight excluding hydrogens is 310 g/mol. The molecule has 24 heavy (non-hydrogen) atoms. The molecule has 1 aromatic carbocycles. The van der Waals surface area contributed by atoms with Gasteiger partial charge < -0.3 is 24.6 Å². The minimum atomic E-state index is -0.664. The van der Waals surface area contributed by atoms with Gasteiger partial charge in [0.25, 0.3) is 0 Å². The number of nitrogens with one attached hydrogen (secondary N) is 1. The number of benzene rings is 1. The molecule has 0 saturated heterocycles. The van der Waals surface area contributed by atoms with Gasteiger partial charge in [0.2, 0.25) is 0 Å². The lowest BCUT2D eigenvalue weighted by Crippen LogP contribution is -2.42. The van der Waals surface area contributed by atoms with Gasteiger partial charge in [0.1, 0.15) is 18.8 Å². The number of β-amino-alcohol motifs (C(OH)–C–C–N with tert-alkyl or cyclic N) is 1. The van der Waals surface area contributed by atoms with E-state index in [0.29, 0.717) is 30.2 Å². The molecule has 2 rings (SSSR count). The van der Waals surface area contributed by atoms with Crippen molar-refractivity contribution in [3.05, 3.63) is 23.3 Å². The largest absolute Gasteiger partial charge is 0.493 e. The fourth-order valence-corrected chi connectivity index (χ4v) is 2.40. The number of carbonyl (C=O) groups excluding carboxylic acids is 1. The zero-order valence-electron chi connectivity index (χ0n) is 15.0. The standard InChI is InChI=1S/C18H27NO5/c1-11-17(21)14-7-16(15(22-5)6-12(14)9-23-11)24-10-13(20)8-19-18(2,3)4/h6-7,11,13,19-20H,8-10H2,1-5H3. The highest BCUT2D eigenvalue weighted by molar-refractivity contribution is 6.01. The zero-order chi connectivity index (χ0) is 17.9. The van der Waals surface area contributed by atoms with Crippen LogP contribution in [0.3, 0.4) is 0 Å². The van der Waals surface area contributed by atoms with Crippen molar-refractivity contribution < 1.29 is 24.1 Å². The van der Waals surface area contributed by atoms with Crippen molar-refractivity contribution in [2.24, 2.45) is 0 Å². The van der Waals surface area contributed by atoms with E-state index in [4.69, 9.17) is 14.2 Å². The number of ether oxygens (including phenoxy) is 3. The lowest BCUT2D eigenvalue weighted by molar-refractivity contribution is 0.0334. The number of fused-ring (bicyclic) bond motifs is 1. The second kappa shape index (κ2) is 7.51. The Kier molecular flexibility index (Phi) is 5.85. The van der Waals surface area contributed by atoms with E-state index in [1.165, 1.54) is 0 Å². The van der Waals surface area contributed by atoms with Gasteiger partial charge in [0, 0.05) is 17.6 Å². The Labute approximate surface area is 143 Å². The number of aliphatic hydroxyl groups excluding tert-OH is 1. The topological polar surface area (TPSA) is 77.0 Å². The molecule has 2 N–H and O–H groups in total. The van der Waals surface area contributed by atoms with Crippen molar-refractivity contribution in [1.82, 2.24) is 5.32 Å². The molecule has 1 aromatic rings. The second-order valence-corrected chi connectivity index (χ2v) is 7.07. The normalized spacial score (nSPS) is 18.9. The maximum absolute atomic E-state index is 12.2. The van der Waals surface area contributed by atoms with Crippen LogP contribution in [0.5, 0.6) is 11.5 Å². The monoisotopic (exact) mass is 337 g/mol. The summed E-state index contributed by atoms with van der Waals surface area (Å²) in [5, 5.41) is 13.3. The summed E-state index contributed by atoms with van der Waals surface area (Å²) in [6.07, 6.45) is -1.12. The van der Waals surface area contributed by atoms with Crippen molar-refractivity contribution in [2.45, 2.75) is 52.0 Å². The quantitative estimate of drug-likeness (QED) is 0.826. The highest BCUT2D eigenvalue weighted by Crippen LogP contribution is 2.34. The number of hydrogen-bond acceptors (Lipinski definition) is 6. The van der Waals surface area contributed by atoms with E-state index in [2.05, 4.69) is 5.32 Å². The first-order valence-electron chi connectivity index (χ1n) is 8.14. The molecule has 0 saturated carbocycles. The number of carbonyl (C=O) groups is 1. The molecule has 2 atom stereocenters. The Bertz CT molecular complexity index is 594. The third kappa shape index (κ3) is 4.69. The summed E-state index contributed by atoms with van der Waals surface area (Å²) in [6.45, 7) is 8.72. The fraction of sp³-hybridized carbons (Fsp3) is 0.611. The van der Waals surface area contributed by atoms with Gasteiger partial charge in [0.05, 0.1) is 13.7 Å². The first kappa shape index (κ1) is 18.7. The number of ketones is 1. The van der Waals surface area contributed by atoms with Crippen LogP contribution in [0.2, 0.25) is 0 Å². The zero-order valence-corrected chi connectivity index (χ0v) is 15.0. The van der Waals surface area contributed by atoms with Crippen LogP contribution in [-0.4, -0.2) is 48.9 Å². The summed E-state index contributed by atoms with van der Waals surface area (Å²) >= 11 is 0. The van der Waals surface area contributed by atoms with Crippen molar-refractivity contribution >= 4 is 5.78 Å². The third-order valence-electron chi connectivity index (χ3n) is 3.81. The van der Waals surface area contributed by atoms with Crippen molar-refractivity contribution in [3.8, 4) is 11.5 Å². The van der Waals surface area contributed by atoms with Crippen LogP contribution in [0.15, 0.2) is 12.1 Å². The Balaban J connectivity index is 2.08. The molecule has 6 nitrogen and oxygen atoms in total. The molecule has 6 heteroatoms. The molecule has 0 amide bonds. The van der Waals surface area contributed by atoms with Crippen LogP contribution < -0.4 is 14.8 Å². The Hall–Kier alpha value is -1.63. The predicted octanol–water partition coefficient (Wildman–Crippen LogP) is 1.92. The molecule has 1 aliphatic heterocycles. The van der Waals surface area contributed by atoms with E-state index in [9.17, 15) is 9.90 Å². The molecule has 134 valence electrons. The second-order valence-electron chi connectivity index (χ2n) is 7.07. The number of rotatable bonds is 6. The van der Waals surface area contributed by atoms with Gasteiger partial charge in [0.15, 0.2) is 17.3 Å². The van der Waals surface area contributed by atoms with Crippen LogP contribution in [0, 0.1) is 0 Å². The molecule has 0 aromatic heterocycles. The minimum Gasteiger partial charge on any atom is -0.493 e. The number of aliphatic hydroxyl groups is 1. The molecular formula is C18H27NO5. The Morgan fingerprint density at radius 3 is 2.71 bits per heavy atom. The highest BCUT2D eigenvalue weighted by atomic mass is 16.5. The van der Waals surface area contributed by atoms with Gasteiger partial charge in [-0.05, 0) is 45.4 Å². The summed E-state index contributed by atoms with van der Waals surface area (Å²) in [5.41, 5.74) is 1.30. The van der Waals surface area contributed by atoms with Crippen molar-refractivity contribution in [2.75, 3.05) is 20.3 Å². The summed E-state index contributed by atoms with van der Waals surface area (Å²) in [4.78, 5) is 12.2. The predicted molar refractivity (Wildman–Crippen MR) is 90.8 cm³/mol. The molecule has 0 bridgehead atoms. The van der Waals surface area contributed by atoms with Crippen LogP contribution >= 0.6 is 0 Å². The molecule has 1 heterocycles. The first-order valence-corrected chi connectivity index (χ1v) is 8.14. The van der Waals surface area contributed by atoms with E-state index >= 15 is 0 Å². The number of hydrogen-bond donors (Lipinski definition) is 2. The van der Waals surface area contributed by atoms with Gasteiger partial charge in [-0.3, -0.25) is 4.79 Å². The van der Waals surface area contributed by atoms with Gasteiger partial charge >= 0.3 is 0 Å². The van der Waals surface area contributed by atoms with Crippen LogP contribution in [0.4, 0.5) is 0 Å². The fourth-order valence-electron chi connectivity index (χ4n) is 2.40. The lowest BCUT2D eigenvalue weighted by Gasteiger charge is -2.24.